The summed E-state index contributed by atoms with van der Waals surface area (Å²) in [6.07, 6.45) is 4.78. The number of hydrogen-bond donors (Lipinski definition) is 0. The molecule has 7 heteroatoms. The predicted molar refractivity (Wildman–Crippen MR) is 157 cm³/mol. The lowest BCUT2D eigenvalue weighted by Crippen LogP contribution is -2.45. The predicted octanol–water partition coefficient (Wildman–Crippen LogP) is 7.66. The van der Waals surface area contributed by atoms with E-state index in [2.05, 4.69) is 66.4 Å². The summed E-state index contributed by atoms with van der Waals surface area (Å²) in [5.74, 6) is 0.716. The van der Waals surface area contributed by atoms with Gasteiger partial charge in [0.25, 0.3) is 0 Å². The number of ketones is 1. The van der Waals surface area contributed by atoms with Crippen molar-refractivity contribution in [3.05, 3.63) is 35.4 Å². The van der Waals surface area contributed by atoms with Crippen LogP contribution in [0.15, 0.2) is 24.3 Å². The summed E-state index contributed by atoms with van der Waals surface area (Å²) < 4.78 is 29.5. The van der Waals surface area contributed by atoms with Crippen molar-refractivity contribution in [3.8, 4) is 11.5 Å². The van der Waals surface area contributed by atoms with Gasteiger partial charge in [-0.2, -0.15) is 0 Å². The van der Waals surface area contributed by atoms with Gasteiger partial charge in [-0.25, -0.2) is 0 Å². The molecule has 0 spiro atoms. The number of Topliss-reactive ketones (excluding diaryl/α,β-unsaturated/α-hetero) is 1. The summed E-state index contributed by atoms with van der Waals surface area (Å²) in [6.45, 7) is 21.9. The molecule has 0 unspecified atom stereocenters. The van der Waals surface area contributed by atoms with E-state index >= 15 is 0 Å². The summed E-state index contributed by atoms with van der Waals surface area (Å²) in [5, 5.41) is 0.0615. The number of hydrogen-bond acceptors (Lipinski definition) is 6. The second kappa shape index (κ2) is 14.1. The molecule has 0 amide bonds. The smallest absolute Gasteiger partial charge is 0.192 e. The van der Waals surface area contributed by atoms with Crippen LogP contribution in [-0.4, -0.2) is 48.0 Å². The third kappa shape index (κ3) is 7.93. The molecular weight excluding hydrogens is 496 g/mol. The molecule has 0 N–H and O–H groups in total. The van der Waals surface area contributed by atoms with Crippen LogP contribution < -0.4 is 9.47 Å². The van der Waals surface area contributed by atoms with Gasteiger partial charge in [0.05, 0.1) is 12.0 Å². The second-order valence-electron chi connectivity index (χ2n) is 12.3. The van der Waals surface area contributed by atoms with Crippen molar-refractivity contribution >= 4 is 14.1 Å². The normalized spacial score (nSPS) is 21.0. The summed E-state index contributed by atoms with van der Waals surface area (Å²) >= 11 is 0. The van der Waals surface area contributed by atoms with Gasteiger partial charge in [-0.15, -0.1) is 0 Å². The Morgan fingerprint density at radius 1 is 1.08 bits per heavy atom. The van der Waals surface area contributed by atoms with Crippen LogP contribution in [0.25, 0.3) is 0 Å². The first-order chi connectivity index (χ1) is 17.8. The lowest BCUT2D eigenvalue weighted by Gasteiger charge is -2.39. The van der Waals surface area contributed by atoms with E-state index in [4.69, 9.17) is 23.4 Å². The lowest BCUT2D eigenvalue weighted by molar-refractivity contribution is -0.124. The minimum absolute atomic E-state index is 0.0429. The summed E-state index contributed by atoms with van der Waals surface area (Å²) in [7, 11) is 1.14. The highest BCUT2D eigenvalue weighted by atomic mass is 28.4. The van der Waals surface area contributed by atoms with Gasteiger partial charge in [0.15, 0.2) is 21.9 Å². The molecule has 1 aromatic rings. The van der Waals surface area contributed by atoms with E-state index in [1.807, 2.05) is 6.92 Å². The van der Waals surface area contributed by atoms with E-state index in [1.165, 1.54) is 0 Å². The highest BCUT2D eigenvalue weighted by molar-refractivity contribution is 6.74. The lowest BCUT2D eigenvalue weighted by atomic mass is 9.83. The summed E-state index contributed by atoms with van der Waals surface area (Å²) in [4.78, 5) is 14.3. The first kappa shape index (κ1) is 32.5. The minimum Gasteiger partial charge on any atom is -0.467 e. The number of ether oxygens (including phenoxy) is 4. The maximum atomic E-state index is 14.3. The fraction of sp³-hybridized carbons (Fsp3) is 0.710. The maximum absolute atomic E-state index is 14.3. The number of benzene rings is 1. The third-order valence-corrected chi connectivity index (χ3v) is 12.9. The van der Waals surface area contributed by atoms with Crippen molar-refractivity contribution < 1.29 is 28.2 Å². The molecule has 1 aromatic carbocycles. The molecule has 0 bridgehead atoms. The number of rotatable bonds is 15. The molecule has 1 aliphatic rings. The molecule has 6 nitrogen and oxygen atoms in total. The Bertz CT molecular complexity index is 906. The molecule has 0 heterocycles. The van der Waals surface area contributed by atoms with Gasteiger partial charge in [-0.3, -0.25) is 4.79 Å². The Morgan fingerprint density at radius 3 is 2.08 bits per heavy atom. The highest BCUT2D eigenvalue weighted by Crippen LogP contribution is 2.51. The van der Waals surface area contributed by atoms with Gasteiger partial charge >= 0.3 is 0 Å². The monoisotopic (exact) mass is 548 g/mol. The first-order valence-electron chi connectivity index (χ1n) is 14.1. The topological polar surface area (TPSA) is 63.2 Å². The Labute approximate surface area is 232 Å². The molecule has 0 aliphatic heterocycles. The number of allylic oxidation sites excluding steroid dienone is 1. The van der Waals surface area contributed by atoms with E-state index in [-0.39, 0.29) is 42.3 Å². The highest BCUT2D eigenvalue weighted by Gasteiger charge is 2.49. The van der Waals surface area contributed by atoms with Gasteiger partial charge in [0.2, 0.25) is 0 Å². The van der Waals surface area contributed by atoms with E-state index in [9.17, 15) is 4.79 Å². The fourth-order valence-corrected chi connectivity index (χ4v) is 6.55. The number of carbonyl (C=O) groups excluding carboxylic acids is 1. The molecule has 1 fully saturated rings. The second-order valence-corrected chi connectivity index (χ2v) is 17.1. The standard InChI is InChI=1S/C31H52O6Si/c1-12-13-14-15-23-16-26(35-19-33-8)29(27(17-23)36-20-34-9)28-24(21(2)3)18-25(30(28)32)22(4)37-38(10,11)31(5,6)7/h16-17,22,24-25,28H,2,12-15,18-20H2,1,3-11H3/t22-,24-,25-,28-/m0/s1. The number of methoxy groups -OCH3 is 2. The van der Waals surface area contributed by atoms with Crippen LogP contribution in [0, 0.1) is 11.8 Å². The number of aryl methyl sites for hydroxylation is 1. The van der Waals surface area contributed by atoms with Gasteiger partial charge in [0.1, 0.15) is 17.3 Å². The van der Waals surface area contributed by atoms with E-state index in [1.54, 1.807) is 14.2 Å². The van der Waals surface area contributed by atoms with E-state index < -0.39 is 14.2 Å². The molecule has 0 aromatic heterocycles. The van der Waals surface area contributed by atoms with Crippen LogP contribution in [0.1, 0.15) is 84.3 Å². The van der Waals surface area contributed by atoms with Crippen LogP contribution in [0.4, 0.5) is 0 Å². The zero-order valence-electron chi connectivity index (χ0n) is 25.6. The van der Waals surface area contributed by atoms with Crippen molar-refractivity contribution in [2.45, 2.75) is 104 Å². The van der Waals surface area contributed by atoms with Gasteiger partial charge < -0.3 is 23.4 Å². The van der Waals surface area contributed by atoms with Crippen LogP contribution in [0.2, 0.25) is 18.1 Å². The Hall–Kier alpha value is -1.67. The fourth-order valence-electron chi connectivity index (χ4n) is 5.10. The Balaban J connectivity index is 2.58. The number of carbonyl (C=O) groups is 1. The molecule has 0 saturated heterocycles. The SMILES string of the molecule is C=C(C)[C@@H]1C[C@@H]([C@H](C)O[Si](C)(C)C(C)(C)C)C(=O)[C@@H]1c1c(OCOC)cc(CCCCC)cc1OCOC. The molecule has 1 aliphatic carbocycles. The largest absolute Gasteiger partial charge is 0.467 e. The van der Waals surface area contributed by atoms with Gasteiger partial charge in [0, 0.05) is 25.7 Å². The van der Waals surface area contributed by atoms with Crippen LogP contribution in [0.5, 0.6) is 11.5 Å². The molecule has 1 saturated carbocycles. The molecule has 4 atom stereocenters. The average Bonchev–Trinajstić information content (AvgIpc) is 3.17. The Kier molecular flexibility index (Phi) is 12.1. The maximum Gasteiger partial charge on any atom is 0.192 e. The van der Waals surface area contributed by atoms with Crippen molar-refractivity contribution in [2.75, 3.05) is 27.8 Å². The average molecular weight is 549 g/mol. The third-order valence-electron chi connectivity index (χ3n) is 8.28. The minimum atomic E-state index is -2.05. The molecular formula is C31H52O6Si. The van der Waals surface area contributed by atoms with Gasteiger partial charge in [-0.1, -0.05) is 52.7 Å². The van der Waals surface area contributed by atoms with Crippen molar-refractivity contribution in [1.29, 1.82) is 0 Å². The zero-order chi connectivity index (χ0) is 28.7. The van der Waals surface area contributed by atoms with Crippen LogP contribution >= 0.6 is 0 Å². The summed E-state index contributed by atoms with van der Waals surface area (Å²) in [6, 6.07) is 4.10. The first-order valence-corrected chi connectivity index (χ1v) is 17.0. The van der Waals surface area contributed by atoms with Crippen molar-refractivity contribution in [2.24, 2.45) is 11.8 Å². The summed E-state index contributed by atoms with van der Waals surface area (Å²) in [5.41, 5.74) is 2.86. The van der Waals surface area contributed by atoms with Crippen LogP contribution in [0.3, 0.4) is 0 Å². The Morgan fingerprint density at radius 2 is 1.63 bits per heavy atom. The van der Waals surface area contributed by atoms with E-state index in [0.717, 1.165) is 42.4 Å². The van der Waals surface area contributed by atoms with Crippen LogP contribution in [-0.2, 0) is 25.1 Å². The molecule has 0 radical (unpaired) electrons. The van der Waals surface area contributed by atoms with Crippen molar-refractivity contribution in [3.63, 3.8) is 0 Å². The molecule has 38 heavy (non-hydrogen) atoms. The van der Waals surface area contributed by atoms with Gasteiger partial charge in [-0.05, 0) is 74.9 Å². The van der Waals surface area contributed by atoms with E-state index in [0.29, 0.717) is 17.9 Å². The van der Waals surface area contributed by atoms with Crippen molar-refractivity contribution in [1.82, 2.24) is 0 Å². The molecule has 2 rings (SSSR count). The molecule has 216 valence electrons. The quantitative estimate of drug-likeness (QED) is 0.0970. The number of unbranched alkanes of at least 4 members (excludes halogenated alkanes) is 2. The zero-order valence-corrected chi connectivity index (χ0v) is 26.6.